The molecule has 0 heterocycles. The minimum Gasteiger partial charge on any atom is -0.330 e. The van der Waals surface area contributed by atoms with Gasteiger partial charge in [0, 0.05) is 17.1 Å². The van der Waals surface area contributed by atoms with Gasteiger partial charge in [-0.1, -0.05) is 24.9 Å². The van der Waals surface area contributed by atoms with Crippen molar-refractivity contribution in [2.75, 3.05) is 11.9 Å². The maximum atomic E-state index is 13.1. The summed E-state index contributed by atoms with van der Waals surface area (Å²) in [7, 11) is 0. The van der Waals surface area contributed by atoms with Crippen LogP contribution in [0.2, 0.25) is 5.02 Å². The zero-order valence-corrected chi connectivity index (χ0v) is 11.8. The Hall–Kier alpha value is -1.13. The van der Waals surface area contributed by atoms with E-state index in [2.05, 4.69) is 12.2 Å². The van der Waals surface area contributed by atoms with Gasteiger partial charge >= 0.3 is 0 Å². The fourth-order valence-corrected chi connectivity index (χ4v) is 2.19. The van der Waals surface area contributed by atoms with Crippen molar-refractivity contribution >= 4 is 23.2 Å². The summed E-state index contributed by atoms with van der Waals surface area (Å²) in [5, 5.41) is 2.92. The number of nitrogens with two attached hydrogens (primary N) is 1. The summed E-state index contributed by atoms with van der Waals surface area (Å²) in [5.74, 6) is -0.124. The smallest absolute Gasteiger partial charge is 0.224 e. The Labute approximate surface area is 118 Å². The van der Waals surface area contributed by atoms with E-state index in [1.807, 2.05) is 0 Å². The van der Waals surface area contributed by atoms with E-state index in [1.54, 1.807) is 0 Å². The van der Waals surface area contributed by atoms with E-state index in [-0.39, 0.29) is 10.9 Å². The van der Waals surface area contributed by atoms with E-state index in [0.29, 0.717) is 24.6 Å². The molecule has 0 aromatic heterocycles. The summed E-state index contributed by atoms with van der Waals surface area (Å²) in [4.78, 5) is 11.8. The molecule has 0 aliphatic carbocycles. The number of amides is 1. The molecule has 0 aliphatic heterocycles. The molecular weight excluding hydrogens is 267 g/mol. The van der Waals surface area contributed by atoms with Gasteiger partial charge in [-0.05, 0) is 43.5 Å². The molecule has 0 bridgehead atoms. The van der Waals surface area contributed by atoms with Crippen LogP contribution in [0.4, 0.5) is 10.1 Å². The minimum atomic E-state index is -0.461. The first kappa shape index (κ1) is 15.9. The average molecular weight is 287 g/mol. The van der Waals surface area contributed by atoms with Crippen molar-refractivity contribution in [3.8, 4) is 0 Å². The van der Waals surface area contributed by atoms with E-state index in [9.17, 15) is 9.18 Å². The summed E-state index contributed by atoms with van der Waals surface area (Å²) in [5.41, 5.74) is 5.90. The number of benzene rings is 1. The quantitative estimate of drug-likeness (QED) is 0.805. The Balaban J connectivity index is 2.46. The lowest BCUT2D eigenvalue weighted by atomic mass is 9.96. The van der Waals surface area contributed by atoms with Gasteiger partial charge < -0.3 is 11.1 Å². The van der Waals surface area contributed by atoms with Crippen molar-refractivity contribution in [3.63, 3.8) is 0 Å². The van der Waals surface area contributed by atoms with Gasteiger partial charge in [-0.3, -0.25) is 4.79 Å². The molecule has 1 atom stereocenters. The second-order valence-corrected chi connectivity index (χ2v) is 5.03. The van der Waals surface area contributed by atoms with Crippen LogP contribution in [0, 0.1) is 11.7 Å². The van der Waals surface area contributed by atoms with E-state index in [0.717, 1.165) is 19.3 Å². The molecule has 1 unspecified atom stereocenters. The van der Waals surface area contributed by atoms with Crippen LogP contribution in [-0.2, 0) is 4.79 Å². The molecule has 1 aromatic rings. The van der Waals surface area contributed by atoms with Crippen molar-refractivity contribution in [2.24, 2.45) is 11.7 Å². The number of carbonyl (C=O) groups excluding carboxylic acids is 1. The SMILES string of the molecule is CCC(CCN)CCC(=O)Nc1cc(F)cc(Cl)c1. The van der Waals surface area contributed by atoms with Crippen molar-refractivity contribution in [2.45, 2.75) is 32.6 Å². The number of rotatable bonds is 7. The predicted octanol–water partition coefficient (Wildman–Crippen LogP) is 3.57. The van der Waals surface area contributed by atoms with Crippen LogP contribution in [0.5, 0.6) is 0 Å². The maximum Gasteiger partial charge on any atom is 0.224 e. The number of carbonyl (C=O) groups is 1. The second kappa shape index (κ2) is 8.12. The lowest BCUT2D eigenvalue weighted by Crippen LogP contribution is -2.15. The average Bonchev–Trinajstić information content (AvgIpc) is 2.33. The van der Waals surface area contributed by atoms with Crippen molar-refractivity contribution < 1.29 is 9.18 Å². The monoisotopic (exact) mass is 286 g/mol. The molecule has 106 valence electrons. The van der Waals surface area contributed by atoms with Gasteiger partial charge in [-0.2, -0.15) is 0 Å². The summed E-state index contributed by atoms with van der Waals surface area (Å²) in [6.07, 6.45) is 3.14. The molecule has 0 fully saturated rings. The zero-order valence-electron chi connectivity index (χ0n) is 11.1. The van der Waals surface area contributed by atoms with Gasteiger partial charge in [0.05, 0.1) is 0 Å². The molecule has 1 amide bonds. The first-order chi connectivity index (χ1) is 9.05. The van der Waals surface area contributed by atoms with Gasteiger partial charge in [0.15, 0.2) is 0 Å². The number of anilines is 1. The molecular formula is C14H20ClFN2O. The molecule has 0 saturated carbocycles. The van der Waals surface area contributed by atoms with Crippen LogP contribution in [0.15, 0.2) is 18.2 Å². The Morgan fingerprint density at radius 1 is 1.42 bits per heavy atom. The normalized spacial score (nSPS) is 12.2. The molecule has 0 aliphatic rings. The molecule has 1 rings (SSSR count). The zero-order chi connectivity index (χ0) is 14.3. The second-order valence-electron chi connectivity index (χ2n) is 4.60. The third kappa shape index (κ3) is 6.03. The Kier molecular flexibility index (Phi) is 6.81. The summed E-state index contributed by atoms with van der Waals surface area (Å²) in [6.45, 7) is 2.73. The third-order valence-electron chi connectivity index (χ3n) is 3.08. The molecule has 3 nitrogen and oxygen atoms in total. The van der Waals surface area contributed by atoms with Crippen LogP contribution in [0.1, 0.15) is 32.6 Å². The highest BCUT2D eigenvalue weighted by atomic mass is 35.5. The van der Waals surface area contributed by atoms with Gasteiger partial charge in [0.25, 0.3) is 0 Å². The Bertz CT molecular complexity index is 406. The molecule has 0 saturated heterocycles. The van der Waals surface area contributed by atoms with Gasteiger partial charge in [0.1, 0.15) is 5.82 Å². The van der Waals surface area contributed by atoms with E-state index in [1.165, 1.54) is 18.2 Å². The number of nitrogens with one attached hydrogen (secondary N) is 1. The van der Waals surface area contributed by atoms with Crippen molar-refractivity contribution in [3.05, 3.63) is 29.0 Å². The molecule has 19 heavy (non-hydrogen) atoms. The summed E-state index contributed by atoms with van der Waals surface area (Å²) in [6, 6.07) is 3.98. The van der Waals surface area contributed by atoms with Crippen molar-refractivity contribution in [1.82, 2.24) is 0 Å². The highest BCUT2D eigenvalue weighted by Crippen LogP contribution is 2.19. The van der Waals surface area contributed by atoms with Crippen LogP contribution >= 0.6 is 11.6 Å². The highest BCUT2D eigenvalue weighted by Gasteiger charge is 2.10. The Morgan fingerprint density at radius 3 is 2.74 bits per heavy atom. The van der Waals surface area contributed by atoms with Crippen LogP contribution in [0.3, 0.4) is 0 Å². The van der Waals surface area contributed by atoms with Gasteiger partial charge in [0.2, 0.25) is 5.91 Å². The Morgan fingerprint density at radius 2 is 2.16 bits per heavy atom. The van der Waals surface area contributed by atoms with Crippen molar-refractivity contribution in [1.29, 1.82) is 0 Å². The predicted molar refractivity (Wildman–Crippen MR) is 76.7 cm³/mol. The highest BCUT2D eigenvalue weighted by molar-refractivity contribution is 6.30. The first-order valence-electron chi connectivity index (χ1n) is 6.51. The first-order valence-corrected chi connectivity index (χ1v) is 6.89. The molecule has 5 heteroatoms. The largest absolute Gasteiger partial charge is 0.330 e. The van der Waals surface area contributed by atoms with E-state index >= 15 is 0 Å². The molecule has 0 spiro atoms. The van der Waals surface area contributed by atoms with E-state index in [4.69, 9.17) is 17.3 Å². The third-order valence-corrected chi connectivity index (χ3v) is 3.30. The number of hydrogen-bond donors (Lipinski definition) is 2. The topological polar surface area (TPSA) is 55.1 Å². The van der Waals surface area contributed by atoms with Crippen LogP contribution in [0.25, 0.3) is 0 Å². The number of hydrogen-bond acceptors (Lipinski definition) is 2. The summed E-state index contributed by atoms with van der Waals surface area (Å²) < 4.78 is 13.1. The lowest BCUT2D eigenvalue weighted by Gasteiger charge is -2.13. The molecule has 3 N–H and O–H groups in total. The van der Waals surface area contributed by atoms with Crippen LogP contribution in [-0.4, -0.2) is 12.5 Å². The number of halogens is 2. The van der Waals surface area contributed by atoms with E-state index < -0.39 is 5.82 Å². The maximum absolute atomic E-state index is 13.1. The lowest BCUT2D eigenvalue weighted by molar-refractivity contribution is -0.116. The standard InChI is InChI=1S/C14H20ClFN2O/c1-2-10(5-6-17)3-4-14(19)18-13-8-11(15)7-12(16)9-13/h7-10H,2-6,17H2,1H3,(H,18,19). The van der Waals surface area contributed by atoms with Gasteiger partial charge in [-0.15, -0.1) is 0 Å². The molecule has 1 aromatic carbocycles. The minimum absolute atomic E-state index is 0.128. The molecule has 0 radical (unpaired) electrons. The van der Waals surface area contributed by atoms with Crippen LogP contribution < -0.4 is 11.1 Å². The fraction of sp³-hybridized carbons (Fsp3) is 0.500. The fourth-order valence-electron chi connectivity index (χ4n) is 1.97. The summed E-state index contributed by atoms with van der Waals surface area (Å²) >= 11 is 5.72. The van der Waals surface area contributed by atoms with Gasteiger partial charge in [-0.25, -0.2) is 4.39 Å².